The van der Waals surface area contributed by atoms with Crippen LogP contribution in [0.25, 0.3) is 0 Å². The molecular formula is CCl6Zn. The van der Waals surface area contributed by atoms with E-state index in [1.807, 2.05) is 0 Å². The molecule has 0 nitrogen and oxygen atoms in total. The molecule has 0 amide bonds. The van der Waals surface area contributed by atoms with Gasteiger partial charge >= 0.3 is 26.9 Å². The van der Waals surface area contributed by atoms with Gasteiger partial charge in [0.1, 0.15) is 0 Å². The van der Waals surface area contributed by atoms with Crippen molar-refractivity contribution < 1.29 is 93.9 Å². The Kier molecular flexibility index (Phi) is 2380. The molecule has 0 aliphatic rings. The zero-order valence-electron chi connectivity index (χ0n) is 3.47. The summed E-state index contributed by atoms with van der Waals surface area (Å²) >= 11 is 0. The molecule has 0 unspecified atom stereocenters. The Bertz CT molecular complexity index is 8.49. The third-order valence-electron chi connectivity index (χ3n) is 0. The molecule has 0 saturated heterocycles. The normalized spacial score (nSPS) is 0. The predicted octanol–water partition coefficient (Wildman–Crippen LogP) is -17.9. The molecule has 0 bridgehead atoms. The zero-order valence-corrected chi connectivity index (χ0v) is 11.0. The maximum Gasteiger partial charge on any atom is 4.00 e. The molecule has 0 aromatic carbocycles. The number of hydrogen-bond donors (Lipinski definition) is 0. The van der Waals surface area contributed by atoms with Gasteiger partial charge in [-0.05, 0) is 0 Å². The largest absolute Gasteiger partial charge is 4.00 e. The van der Waals surface area contributed by atoms with Gasteiger partial charge in [0.25, 0.3) is 0 Å². The molecule has 0 atom stereocenters. The van der Waals surface area contributed by atoms with E-state index in [4.69, 9.17) is 0 Å². The van der Waals surface area contributed by atoms with Crippen LogP contribution in [0.5, 0.6) is 0 Å². The van der Waals surface area contributed by atoms with Crippen molar-refractivity contribution in [2.75, 3.05) is 0 Å². The SMILES string of the molecule is [C+4].[Cl-].[Cl-].[Cl-].[Cl-].[Cl-].[Cl-].[Zn+2]. The second kappa shape index (κ2) is 117. The molecule has 0 fully saturated rings. The van der Waals surface area contributed by atoms with Gasteiger partial charge in [0.05, 0.1) is 0 Å². The Labute approximate surface area is 101 Å². The smallest absolute Gasteiger partial charge is 1.00 e. The van der Waals surface area contributed by atoms with Crippen LogP contribution in [-0.2, 0) is 19.5 Å². The third kappa shape index (κ3) is 81.2. The first-order valence-electron chi connectivity index (χ1n) is 0. The monoisotopic (exact) mass is 286 g/mol. The summed E-state index contributed by atoms with van der Waals surface area (Å²) in [6.07, 6.45) is 0. The predicted molar refractivity (Wildman–Crippen MR) is 3.24 cm³/mol. The molecule has 0 aromatic rings. The topological polar surface area (TPSA) is 0 Å². The van der Waals surface area contributed by atoms with E-state index in [2.05, 4.69) is 0 Å². The van der Waals surface area contributed by atoms with E-state index in [0.29, 0.717) is 0 Å². The van der Waals surface area contributed by atoms with E-state index in [1.165, 1.54) is 0 Å². The molecular weight excluding hydrogens is 290 g/mol. The van der Waals surface area contributed by atoms with Gasteiger partial charge in [-0.3, -0.25) is 0 Å². The molecule has 8 heavy (non-hydrogen) atoms. The first kappa shape index (κ1) is 163. The van der Waals surface area contributed by atoms with Crippen molar-refractivity contribution >= 4 is 0 Å². The molecule has 7 heteroatoms. The molecule has 0 aromatic heterocycles. The van der Waals surface area contributed by atoms with Crippen LogP contribution in [0.1, 0.15) is 0 Å². The molecule has 0 aliphatic heterocycles. The van der Waals surface area contributed by atoms with E-state index < -0.39 is 0 Å². The van der Waals surface area contributed by atoms with Crippen LogP contribution in [-0.4, -0.2) is 0 Å². The summed E-state index contributed by atoms with van der Waals surface area (Å²) in [6.45, 7) is 0. The Hall–Kier alpha value is 2.36. The zero-order chi connectivity index (χ0) is 0. The standard InChI is InChI=1S/C.6ClH.Zn/h;6*1H;/q+4;;;;;;;+2/p-6. The Morgan fingerprint density at radius 3 is 0.375 bits per heavy atom. The van der Waals surface area contributed by atoms with Gasteiger partial charge < -0.3 is 74.4 Å². The van der Waals surface area contributed by atoms with Crippen molar-refractivity contribution in [2.24, 2.45) is 0 Å². The van der Waals surface area contributed by atoms with Gasteiger partial charge in [0, 0.05) is 0 Å². The second-order valence-corrected chi connectivity index (χ2v) is 0. The van der Waals surface area contributed by atoms with E-state index in [9.17, 15) is 0 Å². The molecule has 0 rings (SSSR count). The van der Waals surface area contributed by atoms with Crippen molar-refractivity contribution in [3.05, 3.63) is 7.43 Å². The van der Waals surface area contributed by atoms with E-state index in [0.717, 1.165) is 0 Å². The van der Waals surface area contributed by atoms with Crippen LogP contribution in [0.15, 0.2) is 0 Å². The van der Waals surface area contributed by atoms with Crippen LogP contribution < -0.4 is 74.4 Å². The maximum atomic E-state index is 0. The van der Waals surface area contributed by atoms with Gasteiger partial charge in [-0.15, -0.1) is 0 Å². The fourth-order valence-electron chi connectivity index (χ4n) is 0. The number of hydrogen-bond acceptors (Lipinski definition) is 0. The summed E-state index contributed by atoms with van der Waals surface area (Å²) in [5.41, 5.74) is 0. The molecule has 0 N–H and O–H groups in total. The summed E-state index contributed by atoms with van der Waals surface area (Å²) in [5, 5.41) is 0. The third-order valence-corrected chi connectivity index (χ3v) is 0. The van der Waals surface area contributed by atoms with Gasteiger partial charge in [-0.1, -0.05) is 0 Å². The van der Waals surface area contributed by atoms with Crippen LogP contribution in [0.2, 0.25) is 0 Å². The van der Waals surface area contributed by atoms with E-state index in [-0.39, 0.29) is 101 Å². The Morgan fingerprint density at radius 2 is 0.375 bits per heavy atom. The number of rotatable bonds is 0. The van der Waals surface area contributed by atoms with Crippen molar-refractivity contribution in [3.63, 3.8) is 0 Å². The van der Waals surface area contributed by atoms with Crippen LogP contribution >= 0.6 is 0 Å². The summed E-state index contributed by atoms with van der Waals surface area (Å²) in [6, 6.07) is 0. The van der Waals surface area contributed by atoms with Crippen molar-refractivity contribution in [2.45, 2.75) is 0 Å². The molecule has 0 aliphatic carbocycles. The number of halogens is 6. The van der Waals surface area contributed by atoms with Gasteiger partial charge in [-0.2, -0.15) is 0 Å². The van der Waals surface area contributed by atoms with E-state index >= 15 is 0 Å². The summed E-state index contributed by atoms with van der Waals surface area (Å²) in [4.78, 5) is 0. The van der Waals surface area contributed by atoms with E-state index in [1.54, 1.807) is 0 Å². The summed E-state index contributed by atoms with van der Waals surface area (Å²) < 4.78 is 0. The van der Waals surface area contributed by atoms with Crippen molar-refractivity contribution in [1.29, 1.82) is 0 Å². The average Bonchev–Trinajstić information content (AvgIpc) is 0. The minimum Gasteiger partial charge on any atom is -1.00 e. The summed E-state index contributed by atoms with van der Waals surface area (Å²) in [5.74, 6) is 0. The van der Waals surface area contributed by atoms with Crippen LogP contribution in [0.3, 0.4) is 0 Å². The average molecular weight is 290 g/mol. The summed E-state index contributed by atoms with van der Waals surface area (Å²) in [7, 11) is 0. The fourth-order valence-corrected chi connectivity index (χ4v) is 0. The van der Waals surface area contributed by atoms with Crippen LogP contribution in [0, 0.1) is 7.43 Å². The quantitative estimate of drug-likeness (QED) is 0.389. The Morgan fingerprint density at radius 1 is 0.375 bits per heavy atom. The fraction of sp³-hybridized carbons (Fsp3) is 0. The Balaban J connectivity index is 0. The van der Waals surface area contributed by atoms with Gasteiger partial charge in [0.2, 0.25) is 0 Å². The maximum absolute atomic E-state index is 0. The van der Waals surface area contributed by atoms with Crippen molar-refractivity contribution in [1.82, 2.24) is 0 Å². The van der Waals surface area contributed by atoms with Gasteiger partial charge in [0.15, 0.2) is 0 Å². The second-order valence-electron chi connectivity index (χ2n) is 0. The molecule has 0 saturated carbocycles. The molecule has 0 heterocycles. The minimum absolute atomic E-state index is 0. The van der Waals surface area contributed by atoms with Gasteiger partial charge in [-0.25, -0.2) is 0 Å². The minimum atomic E-state index is 0. The molecule has 0 radical (unpaired) electrons. The molecule has 48 valence electrons. The first-order chi connectivity index (χ1) is 0. The van der Waals surface area contributed by atoms with Crippen LogP contribution in [0.4, 0.5) is 0 Å². The molecule has 0 spiro atoms. The first-order valence-corrected chi connectivity index (χ1v) is 0. The van der Waals surface area contributed by atoms with Crippen molar-refractivity contribution in [3.8, 4) is 0 Å².